The minimum absolute atomic E-state index is 0.0592. The van der Waals surface area contributed by atoms with Crippen LogP contribution in [-0.2, 0) is 12.6 Å². The first kappa shape index (κ1) is 21.8. The number of fused-ring (bicyclic) bond motifs is 1. The Labute approximate surface area is 182 Å². The summed E-state index contributed by atoms with van der Waals surface area (Å²) in [7, 11) is 0. The Balaban J connectivity index is 1.92. The zero-order valence-electron chi connectivity index (χ0n) is 17.6. The molecule has 2 N–H and O–H groups in total. The maximum Gasteiger partial charge on any atom is 0.416 e. The van der Waals surface area contributed by atoms with Crippen molar-refractivity contribution < 1.29 is 23.4 Å². The van der Waals surface area contributed by atoms with E-state index < -0.39 is 11.7 Å². The number of benzene rings is 3. The number of phenolic OH excluding ortho intramolecular Hbond substituents is 1. The second-order valence-corrected chi connectivity index (χ2v) is 7.91. The average Bonchev–Trinajstić information content (AvgIpc) is 3.17. The standard InChI is InChI=1S/C24H22F3N3O2/c1-14(2)17-4-3-5-19(23(17)32)18-8-6-15(10-11-31)12-22(18)30-28-20-9-7-16(24(25,26)27)13-21(20)29-30/h3-9,12-14,31-32H,10-11H2,1-2H3. The van der Waals surface area contributed by atoms with Gasteiger partial charge in [0.15, 0.2) is 0 Å². The van der Waals surface area contributed by atoms with Crippen molar-refractivity contribution in [1.29, 1.82) is 0 Å². The van der Waals surface area contributed by atoms with Gasteiger partial charge in [-0.25, -0.2) is 0 Å². The summed E-state index contributed by atoms with van der Waals surface area (Å²) in [6.07, 6.45) is -4.09. The number of aliphatic hydroxyl groups excluding tert-OH is 1. The van der Waals surface area contributed by atoms with Crippen LogP contribution in [0.2, 0.25) is 0 Å². The van der Waals surface area contributed by atoms with Gasteiger partial charge in [0.1, 0.15) is 16.8 Å². The normalized spacial score (nSPS) is 12.1. The third-order valence-corrected chi connectivity index (χ3v) is 5.37. The van der Waals surface area contributed by atoms with Crippen molar-refractivity contribution in [3.8, 4) is 22.6 Å². The second kappa shape index (κ2) is 8.27. The van der Waals surface area contributed by atoms with Gasteiger partial charge in [0.05, 0.1) is 11.3 Å². The lowest BCUT2D eigenvalue weighted by molar-refractivity contribution is -0.137. The van der Waals surface area contributed by atoms with Gasteiger partial charge < -0.3 is 10.2 Å². The lowest BCUT2D eigenvalue weighted by Gasteiger charge is -2.16. The number of halogens is 3. The zero-order valence-corrected chi connectivity index (χ0v) is 17.6. The molecule has 0 amide bonds. The van der Waals surface area contributed by atoms with E-state index >= 15 is 0 Å². The molecule has 0 fully saturated rings. The van der Waals surface area contributed by atoms with E-state index in [1.54, 1.807) is 18.2 Å². The molecule has 0 unspecified atom stereocenters. The van der Waals surface area contributed by atoms with Gasteiger partial charge in [0.25, 0.3) is 0 Å². The number of hydrogen-bond acceptors (Lipinski definition) is 4. The molecular formula is C24H22F3N3O2. The first-order valence-corrected chi connectivity index (χ1v) is 10.2. The van der Waals surface area contributed by atoms with Crippen LogP contribution in [0.15, 0.2) is 54.6 Å². The van der Waals surface area contributed by atoms with Gasteiger partial charge in [-0.2, -0.15) is 13.2 Å². The van der Waals surface area contributed by atoms with Crippen LogP contribution in [0, 0.1) is 0 Å². The van der Waals surface area contributed by atoms with E-state index in [0.717, 1.165) is 23.3 Å². The number of phenols is 1. The van der Waals surface area contributed by atoms with E-state index in [1.807, 2.05) is 32.0 Å². The topological polar surface area (TPSA) is 71.2 Å². The van der Waals surface area contributed by atoms with Crippen LogP contribution in [0.1, 0.15) is 36.5 Å². The van der Waals surface area contributed by atoms with Crippen LogP contribution >= 0.6 is 0 Å². The third kappa shape index (κ3) is 4.05. The summed E-state index contributed by atoms with van der Waals surface area (Å²) in [4.78, 5) is 1.28. The Morgan fingerprint density at radius 3 is 2.38 bits per heavy atom. The minimum atomic E-state index is -4.48. The maximum absolute atomic E-state index is 13.1. The summed E-state index contributed by atoms with van der Waals surface area (Å²) in [6, 6.07) is 14.1. The Morgan fingerprint density at radius 1 is 0.938 bits per heavy atom. The summed E-state index contributed by atoms with van der Waals surface area (Å²) in [6.45, 7) is 3.89. The molecule has 1 aromatic heterocycles. The van der Waals surface area contributed by atoms with E-state index in [4.69, 9.17) is 0 Å². The van der Waals surface area contributed by atoms with Gasteiger partial charge in [0.2, 0.25) is 0 Å². The average molecular weight is 441 g/mol. The molecule has 4 rings (SSSR count). The molecule has 32 heavy (non-hydrogen) atoms. The highest BCUT2D eigenvalue weighted by atomic mass is 19.4. The number of rotatable bonds is 5. The first-order valence-electron chi connectivity index (χ1n) is 10.2. The minimum Gasteiger partial charge on any atom is -0.507 e. The van der Waals surface area contributed by atoms with E-state index in [0.29, 0.717) is 28.8 Å². The van der Waals surface area contributed by atoms with Crippen LogP contribution in [0.3, 0.4) is 0 Å². The smallest absolute Gasteiger partial charge is 0.416 e. The van der Waals surface area contributed by atoms with Crippen molar-refractivity contribution in [2.75, 3.05) is 6.61 Å². The molecule has 0 radical (unpaired) electrons. The van der Waals surface area contributed by atoms with Gasteiger partial charge in [-0.3, -0.25) is 0 Å². The molecule has 0 bridgehead atoms. The zero-order chi connectivity index (χ0) is 23.0. The van der Waals surface area contributed by atoms with Crippen molar-refractivity contribution >= 4 is 11.0 Å². The lowest BCUT2D eigenvalue weighted by Crippen LogP contribution is -2.04. The van der Waals surface area contributed by atoms with Gasteiger partial charge in [0, 0.05) is 17.7 Å². The predicted octanol–water partition coefficient (Wildman–Crippen LogP) is 5.47. The molecule has 3 aromatic carbocycles. The lowest BCUT2D eigenvalue weighted by atomic mass is 9.94. The molecule has 0 aliphatic rings. The van der Waals surface area contributed by atoms with Crippen molar-refractivity contribution in [2.45, 2.75) is 32.4 Å². The van der Waals surface area contributed by atoms with E-state index in [9.17, 15) is 23.4 Å². The predicted molar refractivity (Wildman–Crippen MR) is 116 cm³/mol. The van der Waals surface area contributed by atoms with Crippen molar-refractivity contribution in [1.82, 2.24) is 15.0 Å². The first-order chi connectivity index (χ1) is 15.2. The molecule has 1 heterocycles. The van der Waals surface area contributed by atoms with Crippen molar-refractivity contribution in [3.63, 3.8) is 0 Å². The van der Waals surface area contributed by atoms with Gasteiger partial charge in [-0.1, -0.05) is 44.2 Å². The highest BCUT2D eigenvalue weighted by molar-refractivity contribution is 5.80. The SMILES string of the molecule is CC(C)c1cccc(-c2ccc(CCO)cc2-n2nc3ccc(C(F)(F)F)cc3n2)c1O. The van der Waals surface area contributed by atoms with Crippen molar-refractivity contribution in [3.05, 3.63) is 71.3 Å². The highest BCUT2D eigenvalue weighted by Crippen LogP contribution is 2.39. The number of nitrogens with zero attached hydrogens (tertiary/aromatic N) is 3. The number of para-hydroxylation sites is 1. The third-order valence-electron chi connectivity index (χ3n) is 5.37. The summed E-state index contributed by atoms with van der Waals surface area (Å²) in [5, 5.41) is 28.9. The molecule has 0 spiro atoms. The fraction of sp³-hybridized carbons (Fsp3) is 0.250. The summed E-state index contributed by atoms with van der Waals surface area (Å²) < 4.78 is 39.3. The summed E-state index contributed by atoms with van der Waals surface area (Å²) >= 11 is 0. The Morgan fingerprint density at radius 2 is 1.69 bits per heavy atom. The molecule has 0 aliphatic heterocycles. The van der Waals surface area contributed by atoms with Crippen LogP contribution in [0.4, 0.5) is 13.2 Å². The molecule has 4 aromatic rings. The number of hydrogen-bond donors (Lipinski definition) is 2. The molecule has 0 saturated carbocycles. The number of aliphatic hydroxyl groups is 1. The molecular weight excluding hydrogens is 419 g/mol. The second-order valence-electron chi connectivity index (χ2n) is 7.91. The highest BCUT2D eigenvalue weighted by Gasteiger charge is 2.31. The largest absolute Gasteiger partial charge is 0.507 e. The maximum atomic E-state index is 13.1. The Kier molecular flexibility index (Phi) is 5.64. The van der Waals surface area contributed by atoms with Crippen LogP contribution < -0.4 is 0 Å². The van der Waals surface area contributed by atoms with E-state index in [2.05, 4.69) is 10.2 Å². The molecule has 8 heteroatoms. The number of aromatic nitrogens is 3. The van der Waals surface area contributed by atoms with Gasteiger partial charge in [-0.15, -0.1) is 15.0 Å². The van der Waals surface area contributed by atoms with E-state index in [1.165, 1.54) is 10.9 Å². The number of alkyl halides is 3. The fourth-order valence-electron chi connectivity index (χ4n) is 3.70. The van der Waals surface area contributed by atoms with Crippen LogP contribution in [-0.4, -0.2) is 31.8 Å². The Hall–Kier alpha value is -3.39. The number of aromatic hydroxyl groups is 1. The molecule has 0 aliphatic carbocycles. The summed E-state index contributed by atoms with van der Waals surface area (Å²) in [5.41, 5.74) is 2.91. The monoisotopic (exact) mass is 441 g/mol. The molecule has 0 atom stereocenters. The molecule has 5 nitrogen and oxygen atoms in total. The molecule has 0 saturated heterocycles. The van der Waals surface area contributed by atoms with Crippen molar-refractivity contribution in [2.24, 2.45) is 0 Å². The van der Waals surface area contributed by atoms with Gasteiger partial charge >= 0.3 is 6.18 Å². The Bertz CT molecular complexity index is 1280. The molecule has 166 valence electrons. The van der Waals surface area contributed by atoms with Crippen LogP contribution in [0.25, 0.3) is 27.8 Å². The summed E-state index contributed by atoms with van der Waals surface area (Å²) in [5.74, 6) is 0.230. The van der Waals surface area contributed by atoms with Crippen LogP contribution in [0.5, 0.6) is 5.75 Å². The van der Waals surface area contributed by atoms with Gasteiger partial charge in [-0.05, 0) is 47.7 Å². The quantitative estimate of drug-likeness (QED) is 0.431. The van der Waals surface area contributed by atoms with E-state index in [-0.39, 0.29) is 23.8 Å². The fourth-order valence-corrected chi connectivity index (χ4v) is 3.70.